The molecule has 0 atom stereocenters. The van der Waals surface area contributed by atoms with Gasteiger partial charge < -0.3 is 9.84 Å². The average Bonchev–Trinajstić information content (AvgIpc) is 2.65. The average molecular weight is 434 g/mol. The van der Waals surface area contributed by atoms with Crippen LogP contribution in [0.2, 0.25) is 10.3 Å². The Morgan fingerprint density at radius 1 is 1.03 bits per heavy atom. The van der Waals surface area contributed by atoms with Gasteiger partial charge in [0.1, 0.15) is 28.5 Å². The van der Waals surface area contributed by atoms with E-state index >= 15 is 0 Å². The predicted octanol–water partition coefficient (Wildman–Crippen LogP) is 6.48. The Kier molecular flexibility index (Phi) is 6.78. The number of aromatic nitrogens is 1. The molecule has 0 aliphatic rings. The second kappa shape index (κ2) is 9.12. The molecule has 0 aliphatic heterocycles. The minimum atomic E-state index is -0.881. The molecule has 3 aromatic rings. The van der Waals surface area contributed by atoms with Gasteiger partial charge in [0.25, 0.3) is 0 Å². The molecule has 3 rings (SSSR count). The summed E-state index contributed by atoms with van der Waals surface area (Å²) in [5.41, 5.74) is 1.68. The van der Waals surface area contributed by atoms with E-state index in [1.165, 1.54) is 6.07 Å². The summed E-state index contributed by atoms with van der Waals surface area (Å²) in [5, 5.41) is 10.4. The Hall–Kier alpha value is -2.14. The summed E-state index contributed by atoms with van der Waals surface area (Å²) in [6.45, 7) is 3.77. The summed E-state index contributed by atoms with van der Waals surface area (Å²) in [6.07, 6.45) is 0.885. The standard InChI is InChI=1S/C23H22Cl2FNO2/c1-23(2,28)11-10-18-19(13-21(24)27-22(18)25)17-9-8-16(12-20(17)26)29-14-15-6-4-3-5-7-15/h3-9,12-13,28H,10-11,14H2,1-2H3. The predicted molar refractivity (Wildman–Crippen MR) is 115 cm³/mol. The highest BCUT2D eigenvalue weighted by molar-refractivity contribution is 6.33. The Bertz CT molecular complexity index is 988. The number of hydrogen-bond acceptors (Lipinski definition) is 3. The van der Waals surface area contributed by atoms with Gasteiger partial charge in [0.15, 0.2) is 0 Å². The fourth-order valence-electron chi connectivity index (χ4n) is 2.96. The zero-order chi connectivity index (χ0) is 21.0. The topological polar surface area (TPSA) is 42.4 Å². The SMILES string of the molecule is CC(C)(O)CCc1c(-c2ccc(OCc3ccccc3)cc2F)cc(Cl)nc1Cl. The monoisotopic (exact) mass is 433 g/mol. The molecule has 0 saturated heterocycles. The Balaban J connectivity index is 1.88. The van der Waals surface area contributed by atoms with E-state index in [9.17, 15) is 9.50 Å². The van der Waals surface area contributed by atoms with Gasteiger partial charge in [-0.25, -0.2) is 9.37 Å². The molecule has 0 spiro atoms. The second-order valence-corrected chi connectivity index (χ2v) is 8.24. The Morgan fingerprint density at radius 3 is 2.41 bits per heavy atom. The van der Waals surface area contributed by atoms with Crippen LogP contribution in [0.5, 0.6) is 5.75 Å². The molecule has 2 aromatic carbocycles. The highest BCUT2D eigenvalue weighted by Crippen LogP contribution is 2.35. The van der Waals surface area contributed by atoms with Gasteiger partial charge in [0.05, 0.1) is 5.60 Å². The molecule has 0 amide bonds. The van der Waals surface area contributed by atoms with E-state index in [1.54, 1.807) is 32.0 Å². The fraction of sp³-hybridized carbons (Fsp3) is 0.261. The molecule has 1 heterocycles. The summed E-state index contributed by atoms with van der Waals surface area (Å²) < 4.78 is 20.6. The Morgan fingerprint density at radius 2 is 1.76 bits per heavy atom. The van der Waals surface area contributed by atoms with Crippen LogP contribution >= 0.6 is 23.2 Å². The van der Waals surface area contributed by atoms with Crippen LogP contribution in [0.1, 0.15) is 31.4 Å². The van der Waals surface area contributed by atoms with Crippen LogP contribution in [0.3, 0.4) is 0 Å². The van der Waals surface area contributed by atoms with Crippen molar-refractivity contribution >= 4 is 23.2 Å². The summed E-state index contributed by atoms with van der Waals surface area (Å²) in [5.74, 6) is -0.0159. The van der Waals surface area contributed by atoms with Crippen molar-refractivity contribution < 1.29 is 14.2 Å². The van der Waals surface area contributed by atoms with Gasteiger partial charge in [-0.2, -0.15) is 0 Å². The molecule has 152 valence electrons. The van der Waals surface area contributed by atoms with E-state index in [-0.39, 0.29) is 10.3 Å². The highest BCUT2D eigenvalue weighted by Gasteiger charge is 2.19. The molecule has 0 bridgehead atoms. The van der Waals surface area contributed by atoms with Gasteiger partial charge in [0, 0.05) is 11.6 Å². The maximum Gasteiger partial charge on any atom is 0.134 e. The first-order valence-corrected chi connectivity index (χ1v) is 10.0. The zero-order valence-corrected chi connectivity index (χ0v) is 17.8. The minimum Gasteiger partial charge on any atom is -0.489 e. The lowest BCUT2D eigenvalue weighted by Gasteiger charge is -2.19. The third kappa shape index (κ3) is 5.92. The molecule has 3 nitrogen and oxygen atoms in total. The lowest BCUT2D eigenvalue weighted by Crippen LogP contribution is -2.19. The summed E-state index contributed by atoms with van der Waals surface area (Å²) in [4.78, 5) is 4.07. The summed E-state index contributed by atoms with van der Waals surface area (Å²) in [6, 6.07) is 16.0. The quantitative estimate of drug-likeness (QED) is 0.433. The van der Waals surface area contributed by atoms with E-state index in [0.29, 0.717) is 41.9 Å². The largest absolute Gasteiger partial charge is 0.489 e. The number of nitrogens with zero attached hydrogens (tertiary/aromatic N) is 1. The smallest absolute Gasteiger partial charge is 0.134 e. The molecular formula is C23H22Cl2FNO2. The van der Waals surface area contributed by atoms with Crippen molar-refractivity contribution in [3.8, 4) is 16.9 Å². The van der Waals surface area contributed by atoms with Crippen molar-refractivity contribution in [3.05, 3.63) is 81.8 Å². The molecule has 0 unspecified atom stereocenters. The number of hydrogen-bond donors (Lipinski definition) is 1. The Labute approximate surface area is 180 Å². The van der Waals surface area contributed by atoms with Crippen molar-refractivity contribution in [2.24, 2.45) is 0 Å². The summed E-state index contributed by atoms with van der Waals surface area (Å²) in [7, 11) is 0. The normalized spacial score (nSPS) is 11.5. The lowest BCUT2D eigenvalue weighted by atomic mass is 9.94. The summed E-state index contributed by atoms with van der Waals surface area (Å²) >= 11 is 12.4. The van der Waals surface area contributed by atoms with Gasteiger partial charge in [-0.1, -0.05) is 53.5 Å². The van der Waals surface area contributed by atoms with Crippen LogP contribution in [0, 0.1) is 5.82 Å². The number of aliphatic hydroxyl groups is 1. The van der Waals surface area contributed by atoms with Gasteiger partial charge >= 0.3 is 0 Å². The fourth-order valence-corrected chi connectivity index (χ4v) is 3.49. The zero-order valence-electron chi connectivity index (χ0n) is 16.3. The van der Waals surface area contributed by atoms with Crippen molar-refractivity contribution in [1.29, 1.82) is 0 Å². The molecule has 0 fully saturated rings. The molecule has 0 radical (unpaired) electrons. The van der Waals surface area contributed by atoms with E-state index in [0.717, 1.165) is 5.56 Å². The van der Waals surface area contributed by atoms with E-state index in [4.69, 9.17) is 27.9 Å². The lowest BCUT2D eigenvalue weighted by molar-refractivity contribution is 0.0714. The molecule has 1 aromatic heterocycles. The van der Waals surface area contributed by atoms with Crippen LogP contribution in [0.4, 0.5) is 4.39 Å². The van der Waals surface area contributed by atoms with Crippen LogP contribution in [-0.2, 0) is 13.0 Å². The van der Waals surface area contributed by atoms with E-state index < -0.39 is 11.4 Å². The maximum atomic E-state index is 14.9. The molecular weight excluding hydrogens is 412 g/mol. The van der Waals surface area contributed by atoms with Crippen LogP contribution in [0.15, 0.2) is 54.6 Å². The first-order valence-electron chi connectivity index (χ1n) is 9.27. The van der Waals surface area contributed by atoms with Gasteiger partial charge in [-0.3, -0.25) is 0 Å². The molecule has 0 saturated carbocycles. The second-order valence-electron chi connectivity index (χ2n) is 7.49. The van der Waals surface area contributed by atoms with Crippen molar-refractivity contribution in [2.45, 2.75) is 38.9 Å². The third-order valence-electron chi connectivity index (χ3n) is 4.51. The number of pyridine rings is 1. The first kappa shape index (κ1) is 21.6. The third-order valence-corrected chi connectivity index (χ3v) is 5.01. The number of halogens is 3. The van der Waals surface area contributed by atoms with Crippen molar-refractivity contribution in [3.63, 3.8) is 0 Å². The molecule has 0 aliphatic carbocycles. The van der Waals surface area contributed by atoms with Gasteiger partial charge in [-0.05, 0) is 61.6 Å². The van der Waals surface area contributed by atoms with Crippen LogP contribution in [-0.4, -0.2) is 15.7 Å². The molecule has 6 heteroatoms. The van der Waals surface area contributed by atoms with Gasteiger partial charge in [-0.15, -0.1) is 0 Å². The number of benzene rings is 2. The number of ether oxygens (including phenoxy) is 1. The number of rotatable bonds is 7. The molecule has 1 N–H and O–H groups in total. The van der Waals surface area contributed by atoms with Crippen molar-refractivity contribution in [2.75, 3.05) is 0 Å². The van der Waals surface area contributed by atoms with Crippen LogP contribution < -0.4 is 4.74 Å². The van der Waals surface area contributed by atoms with E-state index in [2.05, 4.69) is 4.98 Å². The highest BCUT2D eigenvalue weighted by atomic mass is 35.5. The maximum absolute atomic E-state index is 14.9. The molecule has 29 heavy (non-hydrogen) atoms. The van der Waals surface area contributed by atoms with Crippen LogP contribution in [0.25, 0.3) is 11.1 Å². The van der Waals surface area contributed by atoms with Crippen molar-refractivity contribution in [1.82, 2.24) is 4.98 Å². The van der Waals surface area contributed by atoms with Gasteiger partial charge in [0.2, 0.25) is 0 Å². The first-order chi connectivity index (χ1) is 13.7. The van der Waals surface area contributed by atoms with E-state index in [1.807, 2.05) is 30.3 Å². The minimum absolute atomic E-state index is 0.181.